The lowest BCUT2D eigenvalue weighted by molar-refractivity contribution is -0.127. The Morgan fingerprint density at radius 3 is 2.85 bits per heavy atom. The molecule has 2 heterocycles. The maximum Gasteiger partial charge on any atom is 0.246 e. The largest absolute Gasteiger partial charge is 0.493 e. The highest BCUT2D eigenvalue weighted by Gasteiger charge is 2.23. The van der Waals surface area contributed by atoms with Gasteiger partial charge in [0.15, 0.2) is 11.5 Å². The van der Waals surface area contributed by atoms with Crippen molar-refractivity contribution in [3.8, 4) is 11.5 Å². The fourth-order valence-corrected chi connectivity index (χ4v) is 3.20. The summed E-state index contributed by atoms with van der Waals surface area (Å²) in [5.41, 5.74) is 0.886. The molecule has 27 heavy (non-hydrogen) atoms. The number of nitrogens with one attached hydrogen (secondary N) is 1. The van der Waals surface area contributed by atoms with E-state index in [2.05, 4.69) is 16.5 Å². The number of imidazole rings is 1. The van der Waals surface area contributed by atoms with Crippen LogP contribution in [0.4, 0.5) is 0 Å². The molecule has 0 atom stereocenters. The number of H-pyrrole nitrogens is 1. The van der Waals surface area contributed by atoms with Gasteiger partial charge in [0.05, 0.1) is 7.11 Å². The number of amides is 1. The van der Waals surface area contributed by atoms with Crippen molar-refractivity contribution in [2.75, 3.05) is 26.8 Å². The Bertz CT molecular complexity index is 791. The van der Waals surface area contributed by atoms with Crippen molar-refractivity contribution in [3.63, 3.8) is 0 Å². The van der Waals surface area contributed by atoms with E-state index in [9.17, 15) is 4.79 Å². The predicted octanol–water partition coefficient (Wildman–Crippen LogP) is 3.40. The van der Waals surface area contributed by atoms with Crippen LogP contribution in [0, 0.1) is 0 Å². The summed E-state index contributed by atoms with van der Waals surface area (Å²) in [5, 5.41) is 0. The molecule has 0 bridgehead atoms. The summed E-state index contributed by atoms with van der Waals surface area (Å²) >= 11 is 0. The van der Waals surface area contributed by atoms with Crippen molar-refractivity contribution in [2.45, 2.75) is 18.8 Å². The average Bonchev–Trinajstić information content (AvgIpc) is 3.25. The fraction of sp³-hybridized carbons (Fsp3) is 0.333. The summed E-state index contributed by atoms with van der Waals surface area (Å²) in [6.07, 6.45) is 10.6. The van der Waals surface area contributed by atoms with Gasteiger partial charge in [-0.2, -0.15) is 0 Å². The Morgan fingerprint density at radius 2 is 2.19 bits per heavy atom. The highest BCUT2D eigenvalue weighted by Crippen LogP contribution is 2.29. The molecule has 1 fully saturated rings. The molecular formula is C21H25N3O3. The van der Waals surface area contributed by atoms with Crippen LogP contribution in [0.2, 0.25) is 0 Å². The number of rotatable bonds is 7. The molecule has 142 valence electrons. The van der Waals surface area contributed by atoms with E-state index in [1.807, 2.05) is 29.3 Å². The van der Waals surface area contributed by atoms with Gasteiger partial charge >= 0.3 is 0 Å². The standard InChI is InChI=1S/C21H25N3O3/c1-3-14-27-18-6-4-16(15-19(18)26-2)5-7-20(25)24-12-8-17(9-13-24)21-22-10-11-23-21/h3-7,10-11,15,17H,1,8-9,12-14H2,2H3,(H,22,23). The number of benzene rings is 1. The van der Waals surface area contributed by atoms with E-state index in [0.29, 0.717) is 24.0 Å². The number of aromatic amines is 1. The topological polar surface area (TPSA) is 67.5 Å². The number of methoxy groups -OCH3 is 1. The lowest BCUT2D eigenvalue weighted by Crippen LogP contribution is -2.37. The molecule has 0 unspecified atom stereocenters. The lowest BCUT2D eigenvalue weighted by atomic mass is 9.96. The quantitative estimate of drug-likeness (QED) is 0.602. The second-order valence-corrected chi connectivity index (χ2v) is 6.42. The molecule has 6 heteroatoms. The third-order valence-corrected chi connectivity index (χ3v) is 4.68. The van der Waals surface area contributed by atoms with Crippen molar-refractivity contribution in [1.82, 2.24) is 14.9 Å². The van der Waals surface area contributed by atoms with Gasteiger partial charge in [-0.15, -0.1) is 0 Å². The van der Waals surface area contributed by atoms with E-state index in [0.717, 1.165) is 37.3 Å². The van der Waals surface area contributed by atoms with Gasteiger partial charge in [-0.1, -0.05) is 18.7 Å². The Balaban J connectivity index is 1.57. The minimum absolute atomic E-state index is 0.0267. The zero-order valence-electron chi connectivity index (χ0n) is 15.6. The zero-order valence-corrected chi connectivity index (χ0v) is 15.6. The number of piperidine rings is 1. The summed E-state index contributed by atoms with van der Waals surface area (Å²) in [4.78, 5) is 21.9. The molecule has 1 amide bonds. The minimum Gasteiger partial charge on any atom is -0.493 e. The smallest absolute Gasteiger partial charge is 0.246 e. The molecule has 2 aromatic rings. The van der Waals surface area contributed by atoms with Gasteiger partial charge < -0.3 is 19.4 Å². The third kappa shape index (κ3) is 4.78. The van der Waals surface area contributed by atoms with Gasteiger partial charge in [-0.05, 0) is 36.6 Å². The Morgan fingerprint density at radius 1 is 1.37 bits per heavy atom. The Hall–Kier alpha value is -3.02. The van der Waals surface area contributed by atoms with Crippen molar-refractivity contribution in [3.05, 3.63) is 60.7 Å². The molecule has 3 rings (SSSR count). The summed E-state index contributed by atoms with van der Waals surface area (Å²) < 4.78 is 10.9. The number of aromatic nitrogens is 2. The molecule has 1 aromatic heterocycles. The predicted molar refractivity (Wildman–Crippen MR) is 105 cm³/mol. The first kappa shape index (κ1) is 18.8. The number of carbonyl (C=O) groups is 1. The average molecular weight is 367 g/mol. The fourth-order valence-electron chi connectivity index (χ4n) is 3.20. The van der Waals surface area contributed by atoms with Crippen LogP contribution in [0.1, 0.15) is 30.1 Å². The molecule has 0 aliphatic carbocycles. The van der Waals surface area contributed by atoms with E-state index < -0.39 is 0 Å². The van der Waals surface area contributed by atoms with Crippen LogP contribution in [0.25, 0.3) is 6.08 Å². The van der Waals surface area contributed by atoms with E-state index in [1.54, 1.807) is 31.5 Å². The number of ether oxygens (including phenoxy) is 2. The van der Waals surface area contributed by atoms with Crippen LogP contribution in [-0.2, 0) is 4.79 Å². The molecule has 0 radical (unpaired) electrons. The summed E-state index contributed by atoms with van der Waals surface area (Å²) in [7, 11) is 1.60. The van der Waals surface area contributed by atoms with E-state index >= 15 is 0 Å². The van der Waals surface area contributed by atoms with Crippen molar-refractivity contribution in [2.24, 2.45) is 0 Å². The van der Waals surface area contributed by atoms with Gasteiger partial charge in [-0.3, -0.25) is 4.79 Å². The highest BCUT2D eigenvalue weighted by atomic mass is 16.5. The minimum atomic E-state index is 0.0267. The van der Waals surface area contributed by atoms with Crippen molar-refractivity contribution in [1.29, 1.82) is 0 Å². The summed E-state index contributed by atoms with van der Waals surface area (Å²) in [5.74, 6) is 2.73. The van der Waals surface area contributed by atoms with Gasteiger partial charge in [-0.25, -0.2) is 4.98 Å². The van der Waals surface area contributed by atoms with Gasteiger partial charge in [0.25, 0.3) is 0 Å². The molecule has 1 aliphatic rings. The lowest BCUT2D eigenvalue weighted by Gasteiger charge is -2.30. The van der Waals surface area contributed by atoms with Crippen molar-refractivity contribution < 1.29 is 14.3 Å². The number of carbonyl (C=O) groups excluding carboxylic acids is 1. The molecule has 1 saturated heterocycles. The molecule has 1 aliphatic heterocycles. The highest BCUT2D eigenvalue weighted by molar-refractivity contribution is 5.92. The van der Waals surface area contributed by atoms with Crippen LogP contribution in [0.3, 0.4) is 0 Å². The molecular weight excluding hydrogens is 342 g/mol. The zero-order chi connectivity index (χ0) is 19.1. The van der Waals surface area contributed by atoms with Crippen LogP contribution in [0.15, 0.2) is 49.3 Å². The van der Waals surface area contributed by atoms with E-state index in [-0.39, 0.29) is 5.91 Å². The third-order valence-electron chi connectivity index (χ3n) is 4.68. The van der Waals surface area contributed by atoms with Crippen molar-refractivity contribution >= 4 is 12.0 Å². The maximum absolute atomic E-state index is 12.5. The maximum atomic E-state index is 12.5. The first-order chi connectivity index (χ1) is 13.2. The molecule has 1 aromatic carbocycles. The monoisotopic (exact) mass is 367 g/mol. The number of likely N-dealkylation sites (tertiary alicyclic amines) is 1. The van der Waals surface area contributed by atoms with Gasteiger partial charge in [0, 0.05) is 37.5 Å². The summed E-state index contributed by atoms with van der Waals surface area (Å²) in [6, 6.07) is 5.58. The Labute approximate surface area is 159 Å². The number of nitrogens with zero attached hydrogens (tertiary/aromatic N) is 2. The second-order valence-electron chi connectivity index (χ2n) is 6.42. The normalized spacial score (nSPS) is 15.1. The first-order valence-corrected chi connectivity index (χ1v) is 9.09. The Kier molecular flexibility index (Phi) is 6.30. The van der Waals surface area contributed by atoms with Gasteiger partial charge in [0.2, 0.25) is 5.91 Å². The SMILES string of the molecule is C=CCOc1ccc(C=CC(=O)N2CCC(c3ncc[nH]3)CC2)cc1OC. The van der Waals surface area contributed by atoms with Crippen LogP contribution in [0.5, 0.6) is 11.5 Å². The van der Waals surface area contributed by atoms with Crippen LogP contribution < -0.4 is 9.47 Å². The molecule has 0 saturated carbocycles. The first-order valence-electron chi connectivity index (χ1n) is 9.09. The van der Waals surface area contributed by atoms with E-state index in [1.165, 1.54) is 0 Å². The van der Waals surface area contributed by atoms with Crippen LogP contribution >= 0.6 is 0 Å². The molecule has 1 N–H and O–H groups in total. The van der Waals surface area contributed by atoms with Crippen LogP contribution in [-0.4, -0.2) is 47.6 Å². The summed E-state index contributed by atoms with van der Waals surface area (Å²) in [6.45, 7) is 5.54. The molecule has 0 spiro atoms. The molecule has 6 nitrogen and oxygen atoms in total. The van der Waals surface area contributed by atoms with E-state index in [4.69, 9.17) is 9.47 Å². The van der Waals surface area contributed by atoms with Gasteiger partial charge in [0.1, 0.15) is 12.4 Å². The number of hydrogen-bond donors (Lipinski definition) is 1. The number of hydrogen-bond acceptors (Lipinski definition) is 4. The second kappa shape index (κ2) is 9.07.